The average Bonchev–Trinajstić information content (AvgIpc) is 3.20. The highest BCUT2D eigenvalue weighted by atomic mass is 31.2. The highest BCUT2D eigenvalue weighted by Gasteiger charge is 2.27. The first kappa shape index (κ1) is 56.9. The zero-order valence-electron chi connectivity index (χ0n) is 38.4. The minimum atomic E-state index is -4.41. The van der Waals surface area contributed by atoms with Gasteiger partial charge in [-0.15, -0.1) is 0 Å². The molecule has 0 saturated carbocycles. The molecule has 0 amide bonds. The molecule has 0 bridgehead atoms. The monoisotopic (exact) mass is 859 g/mol. The van der Waals surface area contributed by atoms with E-state index in [1.165, 1.54) is 64.2 Å². The number of esters is 2. The van der Waals surface area contributed by atoms with Crippen molar-refractivity contribution in [3.8, 4) is 0 Å². The van der Waals surface area contributed by atoms with Gasteiger partial charge in [-0.1, -0.05) is 156 Å². The van der Waals surface area contributed by atoms with E-state index in [1.54, 1.807) is 0 Å². The van der Waals surface area contributed by atoms with Crippen LogP contribution in [0.2, 0.25) is 0 Å². The van der Waals surface area contributed by atoms with Crippen LogP contribution in [-0.2, 0) is 32.7 Å². The number of hydrogen-bond donors (Lipinski definition) is 1. The summed E-state index contributed by atoms with van der Waals surface area (Å²) in [7, 11) is 1.39. The number of unbranched alkanes of at least 4 members (excludes halogenated alkanes) is 10. The average molecular weight is 859 g/mol. The summed E-state index contributed by atoms with van der Waals surface area (Å²) in [5.74, 6) is -0.965. The molecule has 0 aliphatic rings. The predicted octanol–water partition coefficient (Wildman–Crippen LogP) is 13.4. The summed E-state index contributed by atoms with van der Waals surface area (Å²) in [5, 5.41) is 0. The number of phosphoric ester groups is 1. The highest BCUT2D eigenvalue weighted by molar-refractivity contribution is 7.47. The Kier molecular flexibility index (Phi) is 39.2. The largest absolute Gasteiger partial charge is 0.472 e. The minimum Gasteiger partial charge on any atom is -0.462 e. The van der Waals surface area contributed by atoms with Gasteiger partial charge in [0.15, 0.2) is 6.10 Å². The lowest BCUT2D eigenvalue weighted by atomic mass is 10.1. The van der Waals surface area contributed by atoms with Crippen molar-refractivity contribution in [1.82, 2.24) is 0 Å². The third kappa shape index (κ3) is 44.5. The second-order valence-corrected chi connectivity index (χ2v) is 17.5. The van der Waals surface area contributed by atoms with Crippen molar-refractivity contribution in [3.05, 3.63) is 97.2 Å². The summed E-state index contributed by atoms with van der Waals surface area (Å²) in [6, 6.07) is 0. The molecule has 0 rings (SSSR count). The molecule has 342 valence electrons. The number of ether oxygens (including phenoxy) is 2. The molecule has 0 fully saturated rings. The zero-order valence-corrected chi connectivity index (χ0v) is 39.3. The number of phosphoric acid groups is 1. The second kappa shape index (κ2) is 41.3. The molecule has 0 radical (unpaired) electrons. The first-order valence-corrected chi connectivity index (χ1v) is 24.5. The lowest BCUT2D eigenvalue weighted by Crippen LogP contribution is -2.37. The summed E-state index contributed by atoms with van der Waals surface area (Å²) in [4.78, 5) is 35.3. The summed E-state index contributed by atoms with van der Waals surface area (Å²) in [6.07, 6.45) is 54.8. The van der Waals surface area contributed by atoms with Gasteiger partial charge < -0.3 is 18.9 Å². The maximum absolute atomic E-state index is 12.7. The number of nitrogens with zero attached hydrogens (tertiary/aromatic N) is 1. The van der Waals surface area contributed by atoms with Crippen LogP contribution in [0, 0.1) is 0 Å². The number of quaternary nitrogens is 1. The van der Waals surface area contributed by atoms with E-state index in [0.29, 0.717) is 30.3 Å². The van der Waals surface area contributed by atoms with E-state index in [1.807, 2.05) is 39.4 Å². The number of rotatable bonds is 40. The van der Waals surface area contributed by atoms with Gasteiger partial charge in [-0.3, -0.25) is 18.6 Å². The molecule has 0 saturated heterocycles. The van der Waals surface area contributed by atoms with Crippen molar-refractivity contribution in [3.63, 3.8) is 0 Å². The molecular formula is C50H85NO8P+. The molecule has 60 heavy (non-hydrogen) atoms. The van der Waals surface area contributed by atoms with Crippen LogP contribution in [0.1, 0.15) is 155 Å². The van der Waals surface area contributed by atoms with Gasteiger partial charge in [0, 0.05) is 12.8 Å². The second-order valence-electron chi connectivity index (χ2n) is 16.1. The van der Waals surface area contributed by atoms with Crippen LogP contribution >= 0.6 is 7.82 Å². The Morgan fingerprint density at radius 3 is 1.43 bits per heavy atom. The van der Waals surface area contributed by atoms with E-state index in [-0.39, 0.29) is 26.1 Å². The number of likely N-dealkylation sites (N-methyl/N-ethyl adjacent to an activating group) is 1. The minimum absolute atomic E-state index is 0.00627. The SMILES string of the molecule is CCCCC/C=C\C/C=C\C/C=C\C/C=C\C/C=C\CCC(=O)OC[C@H](COP(=O)(O)OCC[N+](C)(C)C)OC(=O)CCC/C=C\C/C=C\C/C=C\CCCCCCCC. The van der Waals surface area contributed by atoms with Crippen molar-refractivity contribution in [2.45, 2.75) is 161 Å². The quantitative estimate of drug-likeness (QED) is 0.0213. The lowest BCUT2D eigenvalue weighted by Gasteiger charge is -2.24. The van der Waals surface area contributed by atoms with E-state index in [9.17, 15) is 19.0 Å². The van der Waals surface area contributed by atoms with Crippen LogP contribution in [0.3, 0.4) is 0 Å². The fourth-order valence-corrected chi connectivity index (χ4v) is 6.22. The fourth-order valence-electron chi connectivity index (χ4n) is 5.48. The Bertz CT molecular complexity index is 1340. The Hall–Kier alpha value is -3.07. The Balaban J connectivity index is 4.56. The van der Waals surface area contributed by atoms with Crippen molar-refractivity contribution in [1.29, 1.82) is 0 Å². The maximum Gasteiger partial charge on any atom is 0.472 e. The molecule has 1 N–H and O–H groups in total. The van der Waals surface area contributed by atoms with Crippen molar-refractivity contribution in [2.24, 2.45) is 0 Å². The summed E-state index contributed by atoms with van der Waals surface area (Å²) >= 11 is 0. The topological polar surface area (TPSA) is 108 Å². The summed E-state index contributed by atoms with van der Waals surface area (Å²) in [5.41, 5.74) is 0. The van der Waals surface area contributed by atoms with Gasteiger partial charge in [-0.05, 0) is 83.5 Å². The highest BCUT2D eigenvalue weighted by Crippen LogP contribution is 2.43. The third-order valence-corrected chi connectivity index (χ3v) is 10.1. The predicted molar refractivity (Wildman–Crippen MR) is 252 cm³/mol. The van der Waals surface area contributed by atoms with E-state index in [2.05, 4.69) is 92.8 Å². The molecule has 0 aliphatic heterocycles. The molecule has 0 heterocycles. The van der Waals surface area contributed by atoms with Crippen LogP contribution in [-0.4, -0.2) is 74.9 Å². The molecule has 10 heteroatoms. The Labute approximate surface area is 366 Å². The summed E-state index contributed by atoms with van der Waals surface area (Å²) < 4.78 is 34.2. The van der Waals surface area contributed by atoms with E-state index in [0.717, 1.165) is 44.9 Å². The van der Waals surface area contributed by atoms with Crippen LogP contribution < -0.4 is 0 Å². The summed E-state index contributed by atoms with van der Waals surface area (Å²) in [6.45, 7) is 4.22. The fraction of sp³-hybridized carbons (Fsp3) is 0.640. The van der Waals surface area contributed by atoms with Gasteiger partial charge in [-0.25, -0.2) is 4.57 Å². The molecule has 0 aromatic carbocycles. The molecule has 0 spiro atoms. The smallest absolute Gasteiger partial charge is 0.462 e. The van der Waals surface area contributed by atoms with Gasteiger partial charge in [-0.2, -0.15) is 0 Å². The van der Waals surface area contributed by atoms with Gasteiger partial charge in [0.05, 0.1) is 27.7 Å². The molecule has 0 aromatic rings. The zero-order chi connectivity index (χ0) is 44.3. The number of allylic oxidation sites excluding steroid dienone is 16. The van der Waals surface area contributed by atoms with Crippen LogP contribution in [0.5, 0.6) is 0 Å². The standard InChI is InChI=1S/C50H84NO8P/c1-6-8-10-12-14-16-18-20-22-24-25-27-28-30-32-34-36-38-40-42-49(52)56-46-48(47-58-60(54,55)57-45-44-51(3,4)5)59-50(53)43-41-39-37-35-33-31-29-26-23-21-19-17-15-13-11-9-7-2/h14,16,20-23,25,27,29-32,35-38,48H,6-13,15,17-19,24,26,28,33-34,39-47H2,1-5H3/p+1/b16-14-,22-20-,23-21-,27-25-,31-29-,32-30-,37-35-,38-36-/t48-/m1/s1. The first-order chi connectivity index (χ1) is 29.0. The van der Waals surface area contributed by atoms with Crippen LogP contribution in [0.4, 0.5) is 0 Å². The van der Waals surface area contributed by atoms with Gasteiger partial charge >= 0.3 is 19.8 Å². The molecule has 0 aromatic heterocycles. The number of carbonyl (C=O) groups excluding carboxylic acids is 2. The van der Waals surface area contributed by atoms with Crippen molar-refractivity contribution < 1.29 is 42.1 Å². The maximum atomic E-state index is 12.7. The van der Waals surface area contributed by atoms with E-state index < -0.39 is 32.5 Å². The van der Waals surface area contributed by atoms with Gasteiger partial charge in [0.2, 0.25) is 0 Å². The van der Waals surface area contributed by atoms with Crippen LogP contribution in [0.15, 0.2) is 97.2 Å². The lowest BCUT2D eigenvalue weighted by molar-refractivity contribution is -0.870. The normalized spacial score (nSPS) is 14.4. The van der Waals surface area contributed by atoms with Gasteiger partial charge in [0.25, 0.3) is 0 Å². The number of carbonyl (C=O) groups is 2. The molecular weight excluding hydrogens is 774 g/mol. The van der Waals surface area contributed by atoms with E-state index in [4.69, 9.17) is 18.5 Å². The van der Waals surface area contributed by atoms with Crippen LogP contribution in [0.25, 0.3) is 0 Å². The molecule has 1 unspecified atom stereocenters. The first-order valence-electron chi connectivity index (χ1n) is 23.0. The molecule has 9 nitrogen and oxygen atoms in total. The number of hydrogen-bond acceptors (Lipinski definition) is 7. The van der Waals surface area contributed by atoms with Crippen molar-refractivity contribution >= 4 is 19.8 Å². The van der Waals surface area contributed by atoms with Crippen molar-refractivity contribution in [2.75, 3.05) is 47.5 Å². The Morgan fingerprint density at radius 2 is 0.933 bits per heavy atom. The molecule has 2 atom stereocenters. The molecule has 0 aliphatic carbocycles. The van der Waals surface area contributed by atoms with Gasteiger partial charge in [0.1, 0.15) is 19.8 Å². The third-order valence-electron chi connectivity index (χ3n) is 9.10. The van der Waals surface area contributed by atoms with E-state index >= 15 is 0 Å². The Morgan fingerprint density at radius 1 is 0.517 bits per heavy atom.